The molecule has 1 rings (SSSR count). The van der Waals surface area contributed by atoms with Crippen LogP contribution in [-0.4, -0.2) is 42.4 Å². The Morgan fingerprint density at radius 3 is 2.67 bits per heavy atom. The van der Waals surface area contributed by atoms with E-state index in [1.165, 1.54) is 19.3 Å². The third-order valence-electron chi connectivity index (χ3n) is 2.20. The molecular weight excluding hydrogens is 258 g/mol. The van der Waals surface area contributed by atoms with Gasteiger partial charge in [0.25, 0.3) is 0 Å². The fourth-order valence-electron chi connectivity index (χ4n) is 1.11. The Bertz CT molecular complexity index is 512. The Morgan fingerprint density at radius 2 is 2.17 bits per heavy atom. The molecule has 2 N–H and O–H groups in total. The summed E-state index contributed by atoms with van der Waals surface area (Å²) in [6, 6.07) is 3.26. The first kappa shape index (κ1) is 14.4. The van der Waals surface area contributed by atoms with Crippen LogP contribution in [0.2, 0.25) is 0 Å². The molecule has 0 aliphatic rings. The Morgan fingerprint density at radius 1 is 1.50 bits per heavy atom. The lowest BCUT2D eigenvalue weighted by molar-refractivity contribution is -0.137. The van der Waals surface area contributed by atoms with Gasteiger partial charge in [-0.25, -0.2) is 4.98 Å². The van der Waals surface area contributed by atoms with E-state index in [0.717, 1.165) is 9.87 Å². The van der Waals surface area contributed by atoms with Crippen molar-refractivity contribution in [3.8, 4) is 0 Å². The van der Waals surface area contributed by atoms with Crippen molar-refractivity contribution in [1.29, 1.82) is 0 Å². The van der Waals surface area contributed by atoms with Crippen molar-refractivity contribution in [3.63, 3.8) is 0 Å². The third-order valence-corrected chi connectivity index (χ3v) is 3.67. The molecule has 7 nitrogen and oxygen atoms in total. The predicted octanol–water partition coefficient (Wildman–Crippen LogP) is 0.453. The van der Waals surface area contributed by atoms with Crippen LogP contribution in [0.3, 0.4) is 0 Å². The normalized spacial score (nSPS) is 11.5. The quantitative estimate of drug-likeness (QED) is 0.784. The smallest absolute Gasteiger partial charge is 0.304 e. The lowest BCUT2D eigenvalue weighted by Gasteiger charge is -2.16. The number of carboxylic acid groups (broad SMARTS) is 1. The molecule has 0 aliphatic heterocycles. The van der Waals surface area contributed by atoms with Crippen LogP contribution in [0.1, 0.15) is 12.0 Å². The van der Waals surface area contributed by atoms with Crippen LogP contribution in [0.25, 0.3) is 0 Å². The lowest BCUT2D eigenvalue weighted by Crippen LogP contribution is -2.34. The Hall–Kier alpha value is -1.67. The molecule has 100 valence electrons. The molecule has 8 heteroatoms. The minimum absolute atomic E-state index is 0.101. The van der Waals surface area contributed by atoms with Gasteiger partial charge in [-0.15, -0.1) is 0 Å². The fourth-order valence-corrected chi connectivity index (χ4v) is 1.98. The molecule has 1 heterocycles. The van der Waals surface area contributed by atoms with Gasteiger partial charge in [0.2, 0.25) is 0 Å². The number of hydrogen-bond acceptors (Lipinski definition) is 4. The number of nitrogens with one attached hydrogen (secondary N) is 1. The summed E-state index contributed by atoms with van der Waals surface area (Å²) >= 11 is 0. The zero-order valence-electron chi connectivity index (χ0n) is 10.1. The largest absolute Gasteiger partial charge is 0.481 e. The van der Waals surface area contributed by atoms with E-state index in [1.54, 1.807) is 6.07 Å². The van der Waals surface area contributed by atoms with Crippen LogP contribution >= 0.6 is 0 Å². The Kier molecular flexibility index (Phi) is 4.62. The van der Waals surface area contributed by atoms with Crippen molar-refractivity contribution in [2.75, 3.05) is 18.3 Å². The molecule has 0 aromatic carbocycles. The van der Waals surface area contributed by atoms with Gasteiger partial charge in [0.15, 0.2) is 0 Å². The maximum Gasteiger partial charge on any atom is 0.304 e. The van der Waals surface area contributed by atoms with Crippen molar-refractivity contribution >= 4 is 22.0 Å². The number of nitrogens with zero attached hydrogens (tertiary/aromatic N) is 2. The number of hydrogen-bond donors (Lipinski definition) is 2. The first-order chi connectivity index (χ1) is 8.31. The molecule has 1 aromatic rings. The second-order valence-electron chi connectivity index (χ2n) is 3.79. The molecule has 18 heavy (non-hydrogen) atoms. The number of aromatic nitrogens is 1. The van der Waals surface area contributed by atoms with Crippen molar-refractivity contribution in [2.24, 2.45) is 0 Å². The molecular formula is C10H15N3O4S. The molecule has 1 aromatic heterocycles. The number of carboxylic acids is 1. The summed E-state index contributed by atoms with van der Waals surface area (Å²) in [5.74, 6) is -0.853. The molecule has 0 unspecified atom stereocenters. The minimum Gasteiger partial charge on any atom is -0.481 e. The van der Waals surface area contributed by atoms with E-state index in [-0.39, 0.29) is 18.8 Å². The number of aliphatic carboxylic acids is 1. The summed E-state index contributed by atoms with van der Waals surface area (Å²) in [7, 11) is -2.46. The zero-order valence-corrected chi connectivity index (χ0v) is 10.9. The number of pyridine rings is 1. The van der Waals surface area contributed by atoms with Crippen molar-refractivity contribution in [1.82, 2.24) is 9.29 Å². The number of anilines is 1. The van der Waals surface area contributed by atoms with E-state index in [2.05, 4.69) is 9.71 Å². The van der Waals surface area contributed by atoms with E-state index in [0.29, 0.717) is 0 Å². The maximum absolute atomic E-state index is 11.8. The second kappa shape index (κ2) is 5.78. The van der Waals surface area contributed by atoms with Crippen LogP contribution in [0.15, 0.2) is 18.3 Å². The Labute approximate surface area is 106 Å². The standard InChI is InChI=1S/C10H15N3O4S/c1-8-3-4-9(11-7-8)12-18(16,17)13(2)6-5-10(14)15/h3-4,7H,5-6H2,1-2H3,(H,11,12)(H,14,15). The first-order valence-electron chi connectivity index (χ1n) is 5.20. The highest BCUT2D eigenvalue weighted by Crippen LogP contribution is 2.08. The van der Waals surface area contributed by atoms with E-state index in [1.807, 2.05) is 6.92 Å². The fraction of sp³-hybridized carbons (Fsp3) is 0.400. The number of carbonyl (C=O) groups is 1. The summed E-state index contributed by atoms with van der Waals surface area (Å²) in [4.78, 5) is 14.3. The average molecular weight is 273 g/mol. The van der Waals surface area contributed by atoms with Gasteiger partial charge in [-0.05, 0) is 18.6 Å². The molecule has 0 saturated carbocycles. The van der Waals surface area contributed by atoms with E-state index >= 15 is 0 Å². The predicted molar refractivity (Wildman–Crippen MR) is 66.4 cm³/mol. The number of aryl methyl sites for hydroxylation is 1. The van der Waals surface area contributed by atoms with Crippen molar-refractivity contribution < 1.29 is 18.3 Å². The van der Waals surface area contributed by atoms with E-state index in [9.17, 15) is 13.2 Å². The number of rotatable bonds is 6. The molecule has 0 amide bonds. The lowest BCUT2D eigenvalue weighted by atomic mass is 10.3. The van der Waals surface area contributed by atoms with E-state index < -0.39 is 16.2 Å². The molecule has 0 fully saturated rings. The van der Waals surface area contributed by atoms with Gasteiger partial charge in [0, 0.05) is 19.8 Å². The van der Waals surface area contributed by atoms with Gasteiger partial charge < -0.3 is 5.11 Å². The van der Waals surface area contributed by atoms with Gasteiger partial charge in [0.05, 0.1) is 6.42 Å². The summed E-state index contributed by atoms with van der Waals surface area (Å²) in [6.45, 7) is 1.74. The molecule has 0 bridgehead atoms. The van der Waals surface area contributed by atoms with Crippen molar-refractivity contribution in [3.05, 3.63) is 23.9 Å². The van der Waals surface area contributed by atoms with Gasteiger partial charge >= 0.3 is 16.2 Å². The monoisotopic (exact) mass is 273 g/mol. The van der Waals surface area contributed by atoms with Gasteiger partial charge in [-0.3, -0.25) is 9.52 Å². The summed E-state index contributed by atoms with van der Waals surface area (Å²) in [6.07, 6.45) is 1.29. The van der Waals surface area contributed by atoms with Crippen LogP contribution < -0.4 is 4.72 Å². The summed E-state index contributed by atoms with van der Waals surface area (Å²) in [5, 5.41) is 8.49. The summed E-state index contributed by atoms with van der Waals surface area (Å²) in [5.41, 5.74) is 0.914. The van der Waals surface area contributed by atoms with Gasteiger partial charge in [-0.1, -0.05) is 6.07 Å². The molecule has 0 atom stereocenters. The summed E-state index contributed by atoms with van der Waals surface area (Å²) < 4.78 is 26.8. The first-order valence-corrected chi connectivity index (χ1v) is 6.64. The van der Waals surface area contributed by atoms with Crippen LogP contribution in [0.5, 0.6) is 0 Å². The zero-order chi connectivity index (χ0) is 13.8. The average Bonchev–Trinajstić information content (AvgIpc) is 2.28. The van der Waals surface area contributed by atoms with Crippen LogP contribution in [0, 0.1) is 6.92 Å². The molecule has 0 aliphatic carbocycles. The minimum atomic E-state index is -3.76. The highest BCUT2D eigenvalue weighted by molar-refractivity contribution is 7.90. The SMILES string of the molecule is Cc1ccc(NS(=O)(=O)N(C)CCC(=O)O)nc1. The van der Waals surface area contributed by atoms with E-state index in [4.69, 9.17) is 5.11 Å². The highest BCUT2D eigenvalue weighted by atomic mass is 32.2. The van der Waals surface area contributed by atoms with Gasteiger partial charge in [0.1, 0.15) is 5.82 Å². The maximum atomic E-state index is 11.8. The van der Waals surface area contributed by atoms with Crippen LogP contribution in [0.4, 0.5) is 5.82 Å². The highest BCUT2D eigenvalue weighted by Gasteiger charge is 2.18. The van der Waals surface area contributed by atoms with Crippen molar-refractivity contribution in [2.45, 2.75) is 13.3 Å². The van der Waals surface area contributed by atoms with Crippen LogP contribution in [-0.2, 0) is 15.0 Å². The second-order valence-corrected chi connectivity index (χ2v) is 5.57. The van der Waals surface area contributed by atoms with Gasteiger partial charge in [-0.2, -0.15) is 12.7 Å². The molecule has 0 saturated heterocycles. The molecule has 0 radical (unpaired) electrons. The Balaban J connectivity index is 2.69. The third kappa shape index (κ3) is 4.30. The molecule has 0 spiro atoms. The topological polar surface area (TPSA) is 99.6 Å².